The summed E-state index contributed by atoms with van der Waals surface area (Å²) in [7, 11) is 1.55. The quantitative estimate of drug-likeness (QED) is 0.721. The first-order chi connectivity index (χ1) is 13.1. The minimum Gasteiger partial charge on any atom is -0.493 e. The Bertz CT molecular complexity index is 689. The van der Waals surface area contributed by atoms with Gasteiger partial charge < -0.3 is 19.3 Å². The summed E-state index contributed by atoms with van der Waals surface area (Å²) in [6, 6.07) is 5.20. The minimum absolute atomic E-state index is 0.0449. The monoisotopic (exact) mass is 372 g/mol. The van der Waals surface area contributed by atoms with E-state index in [1.54, 1.807) is 36.3 Å². The third-order valence-electron chi connectivity index (χ3n) is 5.35. The Balaban J connectivity index is 1.60. The highest BCUT2D eigenvalue weighted by Gasteiger charge is 2.30. The first-order valence-corrected chi connectivity index (χ1v) is 9.64. The fourth-order valence-electron chi connectivity index (χ4n) is 3.81. The predicted molar refractivity (Wildman–Crippen MR) is 103 cm³/mol. The van der Waals surface area contributed by atoms with Gasteiger partial charge in [-0.1, -0.05) is 25.5 Å². The van der Waals surface area contributed by atoms with Crippen LogP contribution in [-0.4, -0.2) is 61.5 Å². The Morgan fingerprint density at radius 1 is 1.11 bits per heavy atom. The number of piperazine rings is 1. The zero-order valence-electron chi connectivity index (χ0n) is 16.0. The number of carbonyl (C=O) groups is 2. The summed E-state index contributed by atoms with van der Waals surface area (Å²) < 4.78 is 10.9. The highest BCUT2D eigenvalue weighted by Crippen LogP contribution is 2.29. The van der Waals surface area contributed by atoms with Gasteiger partial charge >= 0.3 is 0 Å². The van der Waals surface area contributed by atoms with E-state index < -0.39 is 0 Å². The maximum atomic E-state index is 12.8. The highest BCUT2D eigenvalue weighted by molar-refractivity contribution is 5.95. The molecular formula is C21H28N2O4. The molecule has 1 heterocycles. The van der Waals surface area contributed by atoms with Crippen molar-refractivity contribution >= 4 is 11.8 Å². The SMILES string of the molecule is C=CCOc1ccc(C(=O)N2CCN(C(=O)C3CCCC3)CC2)cc1OC. The average molecular weight is 372 g/mol. The van der Waals surface area contributed by atoms with Crippen molar-refractivity contribution < 1.29 is 19.1 Å². The molecule has 1 saturated heterocycles. The van der Waals surface area contributed by atoms with Gasteiger partial charge in [-0.05, 0) is 31.0 Å². The van der Waals surface area contributed by atoms with E-state index in [2.05, 4.69) is 6.58 Å². The zero-order chi connectivity index (χ0) is 19.2. The van der Waals surface area contributed by atoms with Crippen molar-refractivity contribution in [3.05, 3.63) is 36.4 Å². The number of hydrogen-bond acceptors (Lipinski definition) is 4. The molecule has 6 heteroatoms. The van der Waals surface area contributed by atoms with E-state index >= 15 is 0 Å². The van der Waals surface area contributed by atoms with Crippen LogP contribution >= 0.6 is 0 Å². The van der Waals surface area contributed by atoms with E-state index in [1.165, 1.54) is 0 Å². The Morgan fingerprint density at radius 2 is 1.78 bits per heavy atom. The zero-order valence-corrected chi connectivity index (χ0v) is 16.0. The van der Waals surface area contributed by atoms with E-state index in [0.717, 1.165) is 25.7 Å². The number of amides is 2. The smallest absolute Gasteiger partial charge is 0.254 e. The van der Waals surface area contributed by atoms with Crippen molar-refractivity contribution in [2.45, 2.75) is 25.7 Å². The molecule has 1 aromatic rings. The maximum absolute atomic E-state index is 12.8. The van der Waals surface area contributed by atoms with Crippen molar-refractivity contribution in [2.24, 2.45) is 5.92 Å². The summed E-state index contributed by atoms with van der Waals surface area (Å²) >= 11 is 0. The molecule has 27 heavy (non-hydrogen) atoms. The molecule has 0 aromatic heterocycles. The van der Waals surface area contributed by atoms with Crippen molar-refractivity contribution in [1.29, 1.82) is 0 Å². The third kappa shape index (κ3) is 4.43. The number of benzene rings is 1. The molecule has 0 atom stereocenters. The maximum Gasteiger partial charge on any atom is 0.254 e. The summed E-state index contributed by atoms with van der Waals surface area (Å²) in [5.41, 5.74) is 0.563. The number of hydrogen-bond donors (Lipinski definition) is 0. The molecule has 3 rings (SSSR count). The fraction of sp³-hybridized carbons (Fsp3) is 0.524. The second-order valence-electron chi connectivity index (χ2n) is 7.06. The van der Waals surface area contributed by atoms with E-state index in [0.29, 0.717) is 49.8 Å². The molecule has 1 aliphatic heterocycles. The van der Waals surface area contributed by atoms with E-state index in [1.807, 2.05) is 4.90 Å². The second-order valence-corrected chi connectivity index (χ2v) is 7.06. The van der Waals surface area contributed by atoms with Crippen LogP contribution in [0.3, 0.4) is 0 Å². The van der Waals surface area contributed by atoms with Crippen molar-refractivity contribution in [2.75, 3.05) is 39.9 Å². The Labute approximate surface area is 160 Å². The lowest BCUT2D eigenvalue weighted by Gasteiger charge is -2.36. The number of rotatable bonds is 6. The second kappa shape index (κ2) is 8.93. The molecule has 0 spiro atoms. The predicted octanol–water partition coefficient (Wildman–Crippen LogP) is 2.73. The first-order valence-electron chi connectivity index (χ1n) is 9.64. The van der Waals surface area contributed by atoms with Crippen LogP contribution in [0.5, 0.6) is 11.5 Å². The summed E-state index contributed by atoms with van der Waals surface area (Å²) in [4.78, 5) is 29.1. The standard InChI is InChI=1S/C21H28N2O4/c1-3-14-27-18-9-8-17(15-19(18)26-2)21(25)23-12-10-22(11-13-23)20(24)16-6-4-5-7-16/h3,8-9,15-16H,1,4-7,10-14H2,2H3. The van der Waals surface area contributed by atoms with Gasteiger partial charge in [0, 0.05) is 37.7 Å². The topological polar surface area (TPSA) is 59.1 Å². The molecule has 1 saturated carbocycles. The lowest BCUT2D eigenvalue weighted by molar-refractivity contribution is -0.136. The molecule has 0 unspecified atom stereocenters. The normalized spacial score (nSPS) is 17.7. The molecule has 1 aromatic carbocycles. The van der Waals surface area contributed by atoms with Gasteiger partial charge in [0.05, 0.1) is 7.11 Å². The van der Waals surface area contributed by atoms with Crippen LogP contribution in [0, 0.1) is 5.92 Å². The molecule has 0 N–H and O–H groups in total. The molecule has 6 nitrogen and oxygen atoms in total. The molecule has 2 aliphatic rings. The average Bonchev–Trinajstić information content (AvgIpc) is 3.26. The van der Waals surface area contributed by atoms with E-state index in [9.17, 15) is 9.59 Å². The summed E-state index contributed by atoms with van der Waals surface area (Å²) in [5.74, 6) is 1.53. The van der Waals surface area contributed by atoms with E-state index in [4.69, 9.17) is 9.47 Å². The summed E-state index contributed by atoms with van der Waals surface area (Å²) in [6.07, 6.45) is 5.99. The fourth-order valence-corrected chi connectivity index (χ4v) is 3.81. The van der Waals surface area contributed by atoms with Crippen LogP contribution in [0.25, 0.3) is 0 Å². The van der Waals surface area contributed by atoms with E-state index in [-0.39, 0.29) is 17.7 Å². The Morgan fingerprint density at radius 3 is 2.41 bits per heavy atom. The summed E-state index contributed by atoms with van der Waals surface area (Å²) in [6.45, 7) is 6.35. The third-order valence-corrected chi connectivity index (χ3v) is 5.35. The molecule has 0 radical (unpaired) electrons. The van der Waals surface area contributed by atoms with Gasteiger partial charge in [-0.15, -0.1) is 0 Å². The number of nitrogens with zero attached hydrogens (tertiary/aromatic N) is 2. The van der Waals surface area contributed by atoms with Gasteiger partial charge in [-0.2, -0.15) is 0 Å². The largest absolute Gasteiger partial charge is 0.493 e. The molecule has 2 amide bonds. The lowest BCUT2D eigenvalue weighted by atomic mass is 10.1. The van der Waals surface area contributed by atoms with Gasteiger partial charge in [0.2, 0.25) is 5.91 Å². The Hall–Kier alpha value is -2.50. The number of ether oxygens (including phenoxy) is 2. The first kappa shape index (κ1) is 19.3. The summed E-state index contributed by atoms with van der Waals surface area (Å²) in [5, 5.41) is 0. The van der Waals surface area contributed by atoms with Gasteiger partial charge in [0.1, 0.15) is 6.61 Å². The minimum atomic E-state index is -0.0449. The van der Waals surface area contributed by atoms with Crippen LogP contribution < -0.4 is 9.47 Å². The van der Waals surface area contributed by atoms with Gasteiger partial charge in [-0.25, -0.2) is 0 Å². The van der Waals surface area contributed by atoms with Crippen molar-refractivity contribution in [3.63, 3.8) is 0 Å². The number of carbonyl (C=O) groups excluding carboxylic acids is 2. The van der Waals surface area contributed by atoms with Crippen LogP contribution in [-0.2, 0) is 4.79 Å². The lowest BCUT2D eigenvalue weighted by Crippen LogP contribution is -2.51. The molecule has 146 valence electrons. The molecule has 2 fully saturated rings. The van der Waals surface area contributed by atoms with Gasteiger partial charge in [-0.3, -0.25) is 9.59 Å². The van der Waals surface area contributed by atoms with Crippen LogP contribution in [0.15, 0.2) is 30.9 Å². The number of methoxy groups -OCH3 is 1. The van der Waals surface area contributed by atoms with Crippen molar-refractivity contribution in [3.8, 4) is 11.5 Å². The highest BCUT2D eigenvalue weighted by atomic mass is 16.5. The van der Waals surface area contributed by atoms with Crippen LogP contribution in [0.1, 0.15) is 36.0 Å². The van der Waals surface area contributed by atoms with Gasteiger partial charge in [0.15, 0.2) is 11.5 Å². The molecule has 0 bridgehead atoms. The molecule has 1 aliphatic carbocycles. The van der Waals surface area contributed by atoms with Crippen molar-refractivity contribution in [1.82, 2.24) is 9.80 Å². The van der Waals surface area contributed by atoms with Gasteiger partial charge in [0.25, 0.3) is 5.91 Å². The van der Waals surface area contributed by atoms with Crippen LogP contribution in [0.4, 0.5) is 0 Å². The molecular weight excluding hydrogens is 344 g/mol. The van der Waals surface area contributed by atoms with Crippen LogP contribution in [0.2, 0.25) is 0 Å². The Kier molecular flexibility index (Phi) is 6.37.